The molecule has 0 spiro atoms. The number of aryl methyl sites for hydroxylation is 1. The minimum atomic E-state index is -0.641. The zero-order chi connectivity index (χ0) is 21.0. The number of anilines is 1. The van der Waals surface area contributed by atoms with Gasteiger partial charge >= 0.3 is 5.97 Å². The van der Waals surface area contributed by atoms with Crippen LogP contribution in [0.1, 0.15) is 22.3 Å². The molecule has 1 atom stereocenters. The van der Waals surface area contributed by atoms with Gasteiger partial charge in [0.25, 0.3) is 0 Å². The molecule has 29 heavy (non-hydrogen) atoms. The summed E-state index contributed by atoms with van der Waals surface area (Å²) in [5.41, 5.74) is 1.94. The van der Waals surface area contributed by atoms with Gasteiger partial charge in [0.2, 0.25) is 11.7 Å². The number of benzene rings is 2. The van der Waals surface area contributed by atoms with Crippen LogP contribution in [-0.2, 0) is 14.3 Å². The maximum Gasteiger partial charge on any atom is 0.311 e. The Hall–Kier alpha value is -3.35. The highest BCUT2D eigenvalue weighted by Crippen LogP contribution is 2.34. The van der Waals surface area contributed by atoms with Crippen LogP contribution in [-0.4, -0.2) is 45.0 Å². The number of ether oxygens (including phenoxy) is 3. The molecule has 152 valence electrons. The number of methoxy groups -OCH3 is 2. The lowest BCUT2D eigenvalue weighted by Gasteiger charge is -2.20. The molecule has 1 amide bonds. The summed E-state index contributed by atoms with van der Waals surface area (Å²) >= 11 is 0. The molecule has 0 radical (unpaired) electrons. The van der Waals surface area contributed by atoms with E-state index >= 15 is 0 Å². The monoisotopic (exact) mass is 397 g/mol. The molecule has 0 aliphatic carbocycles. The fourth-order valence-corrected chi connectivity index (χ4v) is 3.32. The number of carbonyl (C=O) groups excluding carboxylic acids is 3. The minimum absolute atomic E-state index is 0.0266. The molecule has 1 fully saturated rings. The van der Waals surface area contributed by atoms with E-state index in [1.807, 2.05) is 19.1 Å². The average molecular weight is 397 g/mol. The van der Waals surface area contributed by atoms with E-state index in [1.165, 1.54) is 19.1 Å². The van der Waals surface area contributed by atoms with Gasteiger partial charge in [0.05, 0.1) is 31.4 Å². The SMILES string of the molecule is COc1ccccc1C(=O)COC(=O)[C@H]1CC(=O)N(c2cc(C)ccc2OC)C1. The van der Waals surface area contributed by atoms with Crippen LogP contribution in [0.15, 0.2) is 42.5 Å². The van der Waals surface area contributed by atoms with Crippen LogP contribution in [0.4, 0.5) is 5.69 Å². The maximum absolute atomic E-state index is 12.5. The maximum atomic E-state index is 12.5. The number of ketones is 1. The normalized spacial score (nSPS) is 15.9. The van der Waals surface area contributed by atoms with Crippen molar-refractivity contribution in [1.82, 2.24) is 0 Å². The van der Waals surface area contributed by atoms with Crippen molar-refractivity contribution in [3.8, 4) is 11.5 Å². The van der Waals surface area contributed by atoms with E-state index in [-0.39, 0.29) is 24.7 Å². The van der Waals surface area contributed by atoms with Gasteiger partial charge in [0, 0.05) is 13.0 Å². The number of amides is 1. The molecule has 0 bridgehead atoms. The molecular weight excluding hydrogens is 374 g/mol. The van der Waals surface area contributed by atoms with E-state index in [1.54, 1.807) is 30.3 Å². The van der Waals surface area contributed by atoms with Crippen LogP contribution in [0.2, 0.25) is 0 Å². The molecule has 1 aliphatic rings. The molecule has 2 aromatic rings. The molecule has 0 N–H and O–H groups in total. The van der Waals surface area contributed by atoms with Crippen molar-refractivity contribution in [3.63, 3.8) is 0 Å². The second-order valence-corrected chi connectivity index (χ2v) is 6.81. The van der Waals surface area contributed by atoms with Gasteiger partial charge in [0.15, 0.2) is 6.61 Å². The second-order valence-electron chi connectivity index (χ2n) is 6.81. The molecule has 7 heteroatoms. The van der Waals surface area contributed by atoms with Crippen LogP contribution in [0, 0.1) is 12.8 Å². The fraction of sp³-hybridized carbons (Fsp3) is 0.318. The van der Waals surface area contributed by atoms with Crippen LogP contribution >= 0.6 is 0 Å². The Morgan fingerprint density at radius 1 is 1.07 bits per heavy atom. The highest BCUT2D eigenvalue weighted by molar-refractivity contribution is 6.02. The zero-order valence-electron chi connectivity index (χ0n) is 16.6. The van der Waals surface area contributed by atoms with Gasteiger partial charge in [-0.3, -0.25) is 14.4 Å². The summed E-state index contributed by atoms with van der Waals surface area (Å²) in [6.45, 7) is 1.69. The molecule has 0 unspecified atom stereocenters. The summed E-state index contributed by atoms with van der Waals surface area (Å²) < 4.78 is 15.7. The molecule has 7 nitrogen and oxygen atoms in total. The molecule has 1 aliphatic heterocycles. The van der Waals surface area contributed by atoms with Gasteiger partial charge in [-0.1, -0.05) is 18.2 Å². The van der Waals surface area contributed by atoms with Crippen molar-refractivity contribution in [2.75, 3.05) is 32.3 Å². The molecule has 3 rings (SSSR count). The van der Waals surface area contributed by atoms with Gasteiger partial charge in [-0.2, -0.15) is 0 Å². The van der Waals surface area contributed by atoms with E-state index in [0.717, 1.165) is 5.56 Å². The summed E-state index contributed by atoms with van der Waals surface area (Å²) in [7, 11) is 3.00. The number of rotatable bonds is 7. The van der Waals surface area contributed by atoms with Crippen molar-refractivity contribution in [1.29, 1.82) is 0 Å². The lowest BCUT2D eigenvalue weighted by molar-refractivity contribution is -0.147. The van der Waals surface area contributed by atoms with Gasteiger partial charge < -0.3 is 19.1 Å². The number of nitrogens with zero attached hydrogens (tertiary/aromatic N) is 1. The van der Waals surface area contributed by atoms with Crippen LogP contribution < -0.4 is 14.4 Å². The topological polar surface area (TPSA) is 82.1 Å². The smallest absolute Gasteiger partial charge is 0.311 e. The molecule has 2 aromatic carbocycles. The van der Waals surface area contributed by atoms with Gasteiger partial charge in [-0.05, 0) is 36.8 Å². The van der Waals surface area contributed by atoms with Crippen LogP contribution in [0.5, 0.6) is 11.5 Å². The third kappa shape index (κ3) is 4.39. The standard InChI is InChI=1S/C22H23NO6/c1-14-8-9-20(28-3)17(10-14)23-12-15(11-21(23)25)22(26)29-13-18(24)16-6-4-5-7-19(16)27-2/h4-10,15H,11-13H2,1-3H3/t15-/m0/s1. The molecule has 1 heterocycles. The van der Waals surface area contributed by atoms with Crippen molar-refractivity contribution < 1.29 is 28.6 Å². The Kier molecular flexibility index (Phi) is 6.16. The Morgan fingerprint density at radius 2 is 1.79 bits per heavy atom. The Morgan fingerprint density at radius 3 is 2.52 bits per heavy atom. The van der Waals surface area contributed by atoms with Crippen molar-refractivity contribution in [3.05, 3.63) is 53.6 Å². The molecule has 1 saturated heterocycles. The van der Waals surface area contributed by atoms with Gasteiger partial charge in [-0.15, -0.1) is 0 Å². The fourth-order valence-electron chi connectivity index (χ4n) is 3.32. The summed E-state index contributed by atoms with van der Waals surface area (Å²) in [4.78, 5) is 38.8. The average Bonchev–Trinajstić information content (AvgIpc) is 3.13. The lowest BCUT2D eigenvalue weighted by Crippen LogP contribution is -2.27. The van der Waals surface area contributed by atoms with Crippen molar-refractivity contribution in [2.24, 2.45) is 5.92 Å². The first-order chi connectivity index (χ1) is 13.9. The number of carbonyl (C=O) groups is 3. The van der Waals surface area contributed by atoms with Crippen LogP contribution in [0.3, 0.4) is 0 Å². The number of hydrogen-bond acceptors (Lipinski definition) is 6. The van der Waals surface area contributed by atoms with E-state index < -0.39 is 18.5 Å². The van der Waals surface area contributed by atoms with E-state index in [4.69, 9.17) is 14.2 Å². The molecule has 0 saturated carbocycles. The summed E-state index contributed by atoms with van der Waals surface area (Å²) in [5.74, 6) is -0.787. The molecule has 0 aromatic heterocycles. The predicted octanol–water partition coefficient (Wildman–Crippen LogP) is 2.79. The Balaban J connectivity index is 1.65. The van der Waals surface area contributed by atoms with Crippen molar-refractivity contribution >= 4 is 23.3 Å². The molecular formula is C22H23NO6. The Labute approximate surface area is 169 Å². The predicted molar refractivity (Wildman–Crippen MR) is 106 cm³/mol. The summed E-state index contributed by atoms with van der Waals surface area (Å²) in [6, 6.07) is 12.3. The number of esters is 1. The Bertz CT molecular complexity index is 939. The largest absolute Gasteiger partial charge is 0.496 e. The van der Waals surface area contributed by atoms with Crippen molar-refractivity contribution in [2.45, 2.75) is 13.3 Å². The van der Waals surface area contributed by atoms with E-state index in [2.05, 4.69) is 0 Å². The van der Waals surface area contributed by atoms with Gasteiger partial charge in [0.1, 0.15) is 11.5 Å². The number of para-hydroxylation sites is 1. The third-order valence-corrected chi connectivity index (χ3v) is 4.84. The van der Waals surface area contributed by atoms with Gasteiger partial charge in [-0.25, -0.2) is 0 Å². The number of hydrogen-bond donors (Lipinski definition) is 0. The quantitative estimate of drug-likeness (QED) is 0.528. The van der Waals surface area contributed by atoms with E-state index in [9.17, 15) is 14.4 Å². The second kappa shape index (κ2) is 8.77. The lowest BCUT2D eigenvalue weighted by atomic mass is 10.1. The first-order valence-electron chi connectivity index (χ1n) is 9.22. The highest BCUT2D eigenvalue weighted by Gasteiger charge is 2.37. The summed E-state index contributed by atoms with van der Waals surface area (Å²) in [6.07, 6.45) is 0.0266. The zero-order valence-corrected chi connectivity index (χ0v) is 16.6. The van der Waals surface area contributed by atoms with E-state index in [0.29, 0.717) is 22.7 Å². The third-order valence-electron chi connectivity index (χ3n) is 4.84. The minimum Gasteiger partial charge on any atom is -0.496 e. The highest BCUT2D eigenvalue weighted by atomic mass is 16.5. The first-order valence-corrected chi connectivity index (χ1v) is 9.22. The summed E-state index contributed by atoms with van der Waals surface area (Å²) in [5, 5.41) is 0. The van der Waals surface area contributed by atoms with Crippen LogP contribution in [0.25, 0.3) is 0 Å². The first kappa shape index (κ1) is 20.4. The number of Topliss-reactive ketones (excluding diaryl/α,β-unsaturated/α-hetero) is 1.